The van der Waals surface area contributed by atoms with Gasteiger partial charge in [-0.1, -0.05) is 29.2 Å². The number of rotatable bonds is 10. The number of unbranched alkanes of at least 4 members (excludes halogenated alkanes) is 1. The standard InChI is InChI=1S/C22H31N3O4S/c1-25(14-12-17-7-3-4-9-22(17)29-2)13-6-5-8-21(26)18-10-11-20-19(15-18)16-23-30(27,28)24-20/h3-4,7,9-11,15,23-24,27-28H,5-6,8,12-14,16H2,1-2H3. The van der Waals surface area contributed by atoms with Gasteiger partial charge in [0, 0.05) is 25.1 Å². The van der Waals surface area contributed by atoms with Crippen LogP contribution in [-0.2, 0) is 13.0 Å². The van der Waals surface area contributed by atoms with Gasteiger partial charge in [-0.15, -0.1) is 0 Å². The first-order valence-electron chi connectivity index (χ1n) is 10.1. The molecule has 0 unspecified atom stereocenters. The Hall–Kier alpha value is -2.10. The molecule has 0 bridgehead atoms. The molecular weight excluding hydrogens is 402 g/mol. The SMILES string of the molecule is COc1ccccc1CCN(C)CCCCC(=O)c1ccc2c(c1)CNS(O)(O)N2. The maximum absolute atomic E-state index is 12.5. The van der Waals surface area contributed by atoms with Crippen LogP contribution in [0, 0.1) is 0 Å². The number of likely N-dealkylation sites (N-methyl/N-ethyl adjacent to an activating group) is 1. The molecular formula is C22H31N3O4S. The average molecular weight is 434 g/mol. The molecule has 0 radical (unpaired) electrons. The molecule has 0 fully saturated rings. The Balaban J connectivity index is 1.39. The first kappa shape index (κ1) is 22.6. The van der Waals surface area contributed by atoms with Crippen LogP contribution in [0.2, 0.25) is 0 Å². The topological polar surface area (TPSA) is 94.1 Å². The van der Waals surface area contributed by atoms with Crippen molar-refractivity contribution in [2.75, 3.05) is 32.0 Å². The van der Waals surface area contributed by atoms with Gasteiger partial charge in [-0.2, -0.15) is 4.72 Å². The molecule has 2 aromatic rings. The second-order valence-electron chi connectivity index (χ2n) is 7.59. The number of nitrogens with zero attached hydrogens (tertiary/aromatic N) is 1. The lowest BCUT2D eigenvalue weighted by Gasteiger charge is -2.38. The molecule has 4 N–H and O–H groups in total. The van der Waals surface area contributed by atoms with E-state index in [4.69, 9.17) is 4.74 Å². The highest BCUT2D eigenvalue weighted by Crippen LogP contribution is 2.40. The van der Waals surface area contributed by atoms with E-state index in [-0.39, 0.29) is 5.78 Å². The van der Waals surface area contributed by atoms with Crippen molar-refractivity contribution in [1.29, 1.82) is 0 Å². The number of nitrogens with one attached hydrogen (secondary N) is 2. The minimum Gasteiger partial charge on any atom is -0.496 e. The molecule has 0 saturated heterocycles. The smallest absolute Gasteiger partial charge is 0.162 e. The summed E-state index contributed by atoms with van der Waals surface area (Å²) in [6, 6.07) is 13.4. The number of hydrogen-bond acceptors (Lipinski definition) is 7. The van der Waals surface area contributed by atoms with Crippen molar-refractivity contribution in [1.82, 2.24) is 9.62 Å². The second-order valence-corrected chi connectivity index (χ2v) is 9.18. The Morgan fingerprint density at radius 3 is 2.77 bits per heavy atom. The first-order chi connectivity index (χ1) is 14.4. The van der Waals surface area contributed by atoms with Gasteiger partial charge >= 0.3 is 0 Å². The summed E-state index contributed by atoms with van der Waals surface area (Å²) in [5.74, 6) is 1.05. The highest BCUT2D eigenvalue weighted by Gasteiger charge is 2.21. The van der Waals surface area contributed by atoms with E-state index in [9.17, 15) is 13.9 Å². The summed E-state index contributed by atoms with van der Waals surface area (Å²) in [7, 11) is 0.821. The van der Waals surface area contributed by atoms with Crippen molar-refractivity contribution < 1.29 is 18.6 Å². The van der Waals surface area contributed by atoms with Crippen molar-refractivity contribution in [2.45, 2.75) is 32.2 Å². The Morgan fingerprint density at radius 2 is 1.97 bits per heavy atom. The number of carbonyl (C=O) groups excluding carboxylic acids is 1. The normalized spacial score (nSPS) is 15.9. The van der Waals surface area contributed by atoms with Crippen LogP contribution in [0.5, 0.6) is 5.75 Å². The summed E-state index contributed by atoms with van der Waals surface area (Å²) in [6.45, 7) is 2.21. The van der Waals surface area contributed by atoms with Gasteiger partial charge in [0.1, 0.15) is 5.75 Å². The van der Waals surface area contributed by atoms with Gasteiger partial charge in [-0.3, -0.25) is 18.6 Å². The van der Waals surface area contributed by atoms with Crippen LogP contribution in [-0.4, -0.2) is 47.0 Å². The van der Waals surface area contributed by atoms with E-state index < -0.39 is 11.0 Å². The Bertz CT molecular complexity index is 875. The van der Waals surface area contributed by atoms with E-state index in [1.165, 1.54) is 5.56 Å². The molecule has 3 rings (SSSR count). The lowest BCUT2D eigenvalue weighted by molar-refractivity contribution is 0.0978. The van der Waals surface area contributed by atoms with Crippen LogP contribution >= 0.6 is 11.0 Å². The third-order valence-electron chi connectivity index (χ3n) is 5.29. The predicted molar refractivity (Wildman–Crippen MR) is 122 cm³/mol. The van der Waals surface area contributed by atoms with Crippen LogP contribution in [0.4, 0.5) is 5.69 Å². The Labute approximate surface area is 180 Å². The van der Waals surface area contributed by atoms with Crippen molar-refractivity contribution in [2.24, 2.45) is 0 Å². The lowest BCUT2D eigenvalue weighted by atomic mass is 10.0. The molecule has 164 valence electrons. The van der Waals surface area contributed by atoms with Crippen molar-refractivity contribution in [3.63, 3.8) is 0 Å². The molecule has 1 aliphatic rings. The number of carbonyl (C=O) groups is 1. The lowest BCUT2D eigenvalue weighted by Crippen LogP contribution is -2.30. The minimum atomic E-state index is -2.98. The summed E-state index contributed by atoms with van der Waals surface area (Å²) in [5.41, 5.74) is 3.39. The number of hydrogen-bond donors (Lipinski definition) is 4. The molecule has 0 saturated carbocycles. The minimum absolute atomic E-state index is 0.117. The number of Topliss-reactive ketones (excluding diaryl/α,β-unsaturated/α-hetero) is 1. The molecule has 1 aliphatic heterocycles. The number of methoxy groups -OCH3 is 1. The quantitative estimate of drug-likeness (QED) is 0.327. The Morgan fingerprint density at radius 1 is 1.17 bits per heavy atom. The van der Waals surface area contributed by atoms with Crippen molar-refractivity contribution in [3.05, 3.63) is 59.2 Å². The van der Waals surface area contributed by atoms with Gasteiger partial charge in [0.15, 0.2) is 5.78 Å². The zero-order valence-corrected chi connectivity index (χ0v) is 18.4. The summed E-state index contributed by atoms with van der Waals surface area (Å²) in [6.07, 6.45) is 3.24. The molecule has 8 heteroatoms. The number of fused-ring (bicyclic) bond motifs is 1. The van der Waals surface area contributed by atoms with E-state index in [1.807, 2.05) is 24.3 Å². The monoisotopic (exact) mass is 433 g/mol. The van der Waals surface area contributed by atoms with E-state index in [0.29, 0.717) is 24.2 Å². The van der Waals surface area contributed by atoms with Gasteiger partial charge in [-0.25, -0.2) is 0 Å². The summed E-state index contributed by atoms with van der Waals surface area (Å²) >= 11 is 0. The largest absolute Gasteiger partial charge is 0.496 e. The number of ketones is 1. The van der Waals surface area contributed by atoms with Crippen molar-refractivity contribution >= 4 is 22.4 Å². The molecule has 0 aromatic heterocycles. The molecule has 0 amide bonds. The molecule has 0 spiro atoms. The molecule has 7 nitrogen and oxygen atoms in total. The van der Waals surface area contributed by atoms with Crippen molar-refractivity contribution in [3.8, 4) is 5.75 Å². The highest BCUT2D eigenvalue weighted by molar-refractivity contribution is 8.23. The number of benzene rings is 2. The molecule has 1 heterocycles. The number of anilines is 1. The summed E-state index contributed by atoms with van der Waals surface area (Å²) < 4.78 is 30.0. The summed E-state index contributed by atoms with van der Waals surface area (Å²) in [5, 5.41) is 0. The van der Waals surface area contributed by atoms with Crippen LogP contribution in [0.15, 0.2) is 42.5 Å². The fraction of sp³-hybridized carbons (Fsp3) is 0.409. The second kappa shape index (κ2) is 10.3. The van der Waals surface area contributed by atoms with Crippen LogP contribution in [0.1, 0.15) is 40.7 Å². The summed E-state index contributed by atoms with van der Waals surface area (Å²) in [4.78, 5) is 14.8. The fourth-order valence-corrected chi connectivity index (χ4v) is 4.46. The zero-order valence-electron chi connectivity index (χ0n) is 17.6. The highest BCUT2D eigenvalue weighted by atomic mass is 32.3. The van der Waals surface area contributed by atoms with Crippen LogP contribution in [0.25, 0.3) is 0 Å². The molecule has 2 aromatic carbocycles. The van der Waals surface area contributed by atoms with Gasteiger partial charge < -0.3 is 9.64 Å². The molecule has 0 aliphatic carbocycles. The number of ether oxygens (including phenoxy) is 1. The van der Waals surface area contributed by atoms with E-state index in [0.717, 1.165) is 43.7 Å². The van der Waals surface area contributed by atoms with E-state index in [2.05, 4.69) is 27.5 Å². The predicted octanol–water partition coefficient (Wildman–Crippen LogP) is 4.32. The van der Waals surface area contributed by atoms with Gasteiger partial charge in [0.25, 0.3) is 0 Å². The third kappa shape index (κ3) is 6.20. The van der Waals surface area contributed by atoms with Crippen LogP contribution < -0.4 is 14.2 Å². The number of para-hydroxylation sites is 1. The van der Waals surface area contributed by atoms with Gasteiger partial charge in [-0.05, 0) is 68.2 Å². The Kier molecular flexibility index (Phi) is 7.74. The molecule has 0 atom stereocenters. The van der Waals surface area contributed by atoms with E-state index >= 15 is 0 Å². The average Bonchev–Trinajstić information content (AvgIpc) is 2.74. The fourth-order valence-electron chi connectivity index (χ4n) is 3.53. The van der Waals surface area contributed by atoms with Crippen LogP contribution in [0.3, 0.4) is 0 Å². The van der Waals surface area contributed by atoms with Gasteiger partial charge in [0.2, 0.25) is 0 Å². The van der Waals surface area contributed by atoms with Gasteiger partial charge in [0.05, 0.1) is 12.8 Å². The molecule has 30 heavy (non-hydrogen) atoms. The third-order valence-corrected chi connectivity index (χ3v) is 6.34. The zero-order chi connectivity index (χ0) is 21.6. The maximum Gasteiger partial charge on any atom is 0.162 e. The first-order valence-corrected chi connectivity index (χ1v) is 11.7. The maximum atomic E-state index is 12.5. The van der Waals surface area contributed by atoms with E-state index in [1.54, 1.807) is 19.2 Å².